The number of phenols is 1. The normalized spacial score (nSPS) is 13.0. The topological polar surface area (TPSA) is 59.2 Å². The number of furan rings is 1. The Morgan fingerprint density at radius 3 is 2.42 bits per heavy atom. The van der Waals surface area contributed by atoms with Gasteiger partial charge in [-0.2, -0.15) is 0 Å². The molecule has 0 fully saturated rings. The van der Waals surface area contributed by atoms with Gasteiger partial charge in [0.1, 0.15) is 11.3 Å². The monoisotopic (exact) mass is 710 g/mol. The van der Waals surface area contributed by atoms with Gasteiger partial charge in [0.25, 0.3) is 0 Å². The van der Waals surface area contributed by atoms with Crippen molar-refractivity contribution in [2.75, 3.05) is 0 Å². The Balaban J connectivity index is 0.000000223. The summed E-state index contributed by atoms with van der Waals surface area (Å²) in [4.78, 5) is 8.67. The average molecular weight is 710 g/mol. The summed E-state index contributed by atoms with van der Waals surface area (Å²) in [7, 11) is 0. The van der Waals surface area contributed by atoms with Gasteiger partial charge in [-0.15, -0.1) is 18.2 Å². The van der Waals surface area contributed by atoms with Gasteiger partial charge in [-0.1, -0.05) is 75.0 Å². The second kappa shape index (κ2) is 12.6. The summed E-state index contributed by atoms with van der Waals surface area (Å²) >= 11 is 0. The number of rotatable bonds is 4. The molecule has 6 aromatic rings. The van der Waals surface area contributed by atoms with Crippen LogP contribution in [-0.4, -0.2) is 15.1 Å². The van der Waals surface area contributed by atoms with Gasteiger partial charge in [0.05, 0.1) is 11.3 Å². The third-order valence-electron chi connectivity index (χ3n) is 6.67. The molecule has 1 N–H and O–H groups in total. The summed E-state index contributed by atoms with van der Waals surface area (Å²) < 4.78 is 37.7. The van der Waals surface area contributed by atoms with Crippen LogP contribution in [0.3, 0.4) is 0 Å². The maximum absolute atomic E-state index is 9.75. The van der Waals surface area contributed by atoms with Gasteiger partial charge in [0.2, 0.25) is 0 Å². The molecule has 6 rings (SSSR count). The van der Waals surface area contributed by atoms with E-state index in [0.717, 1.165) is 27.6 Å². The van der Waals surface area contributed by atoms with E-state index in [-0.39, 0.29) is 31.4 Å². The zero-order valence-corrected chi connectivity index (χ0v) is 25.2. The Morgan fingerprint density at radius 2 is 1.68 bits per heavy atom. The third kappa shape index (κ3) is 6.01. The molecule has 5 heteroatoms. The number of benzene rings is 3. The number of phenolic OH excluding ortho intramolecular Hbond substituents is 1. The van der Waals surface area contributed by atoms with Gasteiger partial charge in [0.15, 0.2) is 0 Å². The molecule has 3 heterocycles. The molecule has 3 aromatic carbocycles. The number of para-hydroxylation sites is 2. The van der Waals surface area contributed by atoms with E-state index in [2.05, 4.69) is 29.9 Å². The van der Waals surface area contributed by atoms with Gasteiger partial charge < -0.3 is 14.5 Å². The quantitative estimate of drug-likeness (QED) is 0.185. The molecule has 0 aliphatic carbocycles. The summed E-state index contributed by atoms with van der Waals surface area (Å²) in [5.74, 6) is -0.341. The molecule has 0 saturated carbocycles. The predicted octanol–water partition coefficient (Wildman–Crippen LogP) is 9.46. The summed E-state index contributed by atoms with van der Waals surface area (Å²) in [5, 5.41) is 11.7. The minimum Gasteiger partial charge on any atom is -0.507 e. The van der Waals surface area contributed by atoms with Crippen molar-refractivity contribution in [1.82, 2.24) is 9.97 Å². The average Bonchev–Trinajstić information content (AvgIpc) is 3.36. The van der Waals surface area contributed by atoms with Crippen LogP contribution in [0.2, 0.25) is 0 Å². The van der Waals surface area contributed by atoms with Crippen LogP contribution in [0.15, 0.2) is 95.7 Å². The first-order chi connectivity index (χ1) is 20.3. The van der Waals surface area contributed by atoms with E-state index < -0.39 is 12.7 Å². The van der Waals surface area contributed by atoms with Crippen LogP contribution in [0.1, 0.15) is 61.7 Å². The molecule has 0 spiro atoms. The van der Waals surface area contributed by atoms with E-state index >= 15 is 0 Å². The van der Waals surface area contributed by atoms with E-state index in [1.165, 1.54) is 11.8 Å². The van der Waals surface area contributed by atoms with Crippen LogP contribution in [0.4, 0.5) is 0 Å². The van der Waals surface area contributed by atoms with Crippen molar-refractivity contribution in [3.8, 4) is 28.3 Å². The minimum absolute atomic E-state index is 0. The second-order valence-electron chi connectivity index (χ2n) is 9.96. The first kappa shape index (κ1) is 24.0. The Bertz CT molecular complexity index is 1910. The number of nitrogens with zero attached hydrogens (tertiary/aromatic N) is 2. The molecule has 0 bridgehead atoms. The number of fused-ring (bicyclic) bond motifs is 3. The Hall–Kier alpha value is -3.79. The predicted molar refractivity (Wildman–Crippen MR) is 160 cm³/mol. The maximum atomic E-state index is 9.75. The molecule has 0 amide bonds. The van der Waals surface area contributed by atoms with Gasteiger partial charge in [-0.25, -0.2) is 0 Å². The molecule has 0 atom stereocenters. The van der Waals surface area contributed by atoms with Gasteiger partial charge >= 0.3 is 0 Å². The fourth-order valence-corrected chi connectivity index (χ4v) is 4.53. The van der Waals surface area contributed by atoms with Crippen molar-refractivity contribution < 1.29 is 35.1 Å². The smallest absolute Gasteiger partial charge is 0.124 e. The van der Waals surface area contributed by atoms with Crippen molar-refractivity contribution in [2.45, 2.75) is 46.4 Å². The van der Waals surface area contributed by atoms with Crippen LogP contribution in [0.25, 0.3) is 44.5 Å². The Morgan fingerprint density at radius 1 is 0.900 bits per heavy atom. The molecule has 1 radical (unpaired) electrons. The van der Waals surface area contributed by atoms with Crippen molar-refractivity contribution in [3.63, 3.8) is 0 Å². The van der Waals surface area contributed by atoms with Gasteiger partial charge in [0, 0.05) is 48.9 Å². The molecule has 40 heavy (non-hydrogen) atoms. The van der Waals surface area contributed by atoms with Crippen LogP contribution >= 0.6 is 0 Å². The first-order valence-corrected chi connectivity index (χ1v) is 12.9. The zero-order valence-electron chi connectivity index (χ0n) is 26.8. The van der Waals surface area contributed by atoms with E-state index in [1.54, 1.807) is 32.2 Å². The van der Waals surface area contributed by atoms with E-state index in [4.69, 9.17) is 9.90 Å². The van der Waals surface area contributed by atoms with E-state index in [9.17, 15) is 5.11 Å². The molecule has 0 unspecified atom stereocenters. The van der Waals surface area contributed by atoms with Crippen molar-refractivity contribution in [3.05, 3.63) is 114 Å². The molecule has 4 nitrogen and oxygen atoms in total. The molecular weight excluding hydrogens is 673 g/mol. The Kier molecular flexibility index (Phi) is 7.57. The summed E-state index contributed by atoms with van der Waals surface area (Å²) in [6.07, 6.45) is 3.14. The molecule has 0 aliphatic heterocycles. The number of aryl methyl sites for hydroxylation is 1. The van der Waals surface area contributed by atoms with E-state index in [1.807, 2.05) is 66.7 Å². The van der Waals surface area contributed by atoms with Crippen LogP contribution in [0, 0.1) is 12.9 Å². The zero-order chi connectivity index (χ0) is 30.9. The summed E-state index contributed by atoms with van der Waals surface area (Å²) in [6.45, 7) is 5.31. The fraction of sp³-hybridized carbons (Fsp3) is 0.200. The van der Waals surface area contributed by atoms with Gasteiger partial charge in [-0.05, 0) is 71.4 Å². The molecule has 0 saturated heterocycles. The van der Waals surface area contributed by atoms with Crippen LogP contribution in [0.5, 0.6) is 5.75 Å². The number of hydrogen-bond acceptors (Lipinski definition) is 4. The summed E-state index contributed by atoms with van der Waals surface area (Å²) in [5.41, 5.74) is 5.99. The number of hydrogen-bond donors (Lipinski definition) is 1. The van der Waals surface area contributed by atoms with Crippen molar-refractivity contribution in [1.29, 1.82) is 0 Å². The molecule has 205 valence electrons. The largest absolute Gasteiger partial charge is 0.507 e. The van der Waals surface area contributed by atoms with Crippen LogP contribution < -0.4 is 0 Å². The number of pyridine rings is 2. The standard InChI is InChI=1S/C21H18NO.C14H15NO.Ir/c1-13(2)18-11-19(22-12-14(18)3)17-9-6-8-16-15-7-4-5-10-20(15)23-21(16)17;1-10(2)11-7-8-15-13(9-11)12-5-3-4-6-14(12)16;/h4-8,10-13H,1-3H3;3-10,16H,1-2H3;/q-1;;/i3D3,13D;;. The molecule has 3 aromatic heterocycles. The second-order valence-corrected chi connectivity index (χ2v) is 9.96. The van der Waals surface area contributed by atoms with E-state index in [0.29, 0.717) is 28.3 Å². The van der Waals surface area contributed by atoms with Crippen molar-refractivity contribution >= 4 is 21.9 Å². The van der Waals surface area contributed by atoms with Crippen molar-refractivity contribution in [2.24, 2.45) is 0 Å². The Labute approximate surface area is 255 Å². The third-order valence-corrected chi connectivity index (χ3v) is 6.67. The first-order valence-electron chi connectivity index (χ1n) is 14.9. The maximum Gasteiger partial charge on any atom is 0.124 e. The summed E-state index contributed by atoms with van der Waals surface area (Å²) in [6, 6.07) is 27.7. The minimum atomic E-state index is -2.33. The van der Waals surface area contributed by atoms with Crippen LogP contribution in [-0.2, 0) is 20.1 Å². The fourth-order valence-electron chi connectivity index (χ4n) is 4.53. The number of aromatic hydroxyl groups is 1. The number of aromatic nitrogens is 2. The molecule has 0 aliphatic rings. The SMILES string of the molecule is CC(C)c1ccnc(-c2ccccc2O)c1.[2H]C([2H])([2H])c1cnc(-c2[c-]ccc3c2oc2ccccc23)cc1C([2H])(C)C.[Ir]. The van der Waals surface area contributed by atoms with Gasteiger partial charge in [-0.3, -0.25) is 4.98 Å². The molecular formula is C35H33IrN2O2-.